The Morgan fingerprint density at radius 1 is 1.22 bits per heavy atom. The summed E-state index contributed by atoms with van der Waals surface area (Å²) in [6.07, 6.45) is 2.29. The van der Waals surface area contributed by atoms with Crippen molar-refractivity contribution in [2.24, 2.45) is 0 Å². The van der Waals surface area contributed by atoms with E-state index in [4.69, 9.17) is 11.6 Å². The van der Waals surface area contributed by atoms with Crippen LogP contribution < -0.4 is 0 Å². The lowest BCUT2D eigenvalue weighted by atomic mass is 10.1. The summed E-state index contributed by atoms with van der Waals surface area (Å²) < 4.78 is 0. The molecule has 0 bridgehead atoms. The summed E-state index contributed by atoms with van der Waals surface area (Å²) in [5.41, 5.74) is 1.84. The molecule has 0 N–H and O–H groups in total. The largest absolute Gasteiger partial charge is 0.269 e. The van der Waals surface area contributed by atoms with Crippen LogP contribution in [0.1, 0.15) is 16.6 Å². The number of halogens is 1. The zero-order chi connectivity index (χ0) is 13.0. The normalized spacial score (nSPS) is 12.1. The van der Waals surface area contributed by atoms with Crippen molar-refractivity contribution in [2.75, 3.05) is 0 Å². The van der Waals surface area contributed by atoms with Gasteiger partial charge < -0.3 is 0 Å². The fourth-order valence-electron chi connectivity index (χ4n) is 1.63. The molecule has 2 aromatic rings. The van der Waals surface area contributed by atoms with Gasteiger partial charge in [-0.3, -0.25) is 15.1 Å². The quantitative estimate of drug-likeness (QED) is 0.481. The highest BCUT2D eigenvalue weighted by atomic mass is 35.5. The van der Waals surface area contributed by atoms with Gasteiger partial charge in [0.25, 0.3) is 5.69 Å². The van der Waals surface area contributed by atoms with E-state index in [-0.39, 0.29) is 11.1 Å². The molecule has 1 atom stereocenters. The molecule has 0 saturated carbocycles. The summed E-state index contributed by atoms with van der Waals surface area (Å²) in [5.74, 6) is 0. The van der Waals surface area contributed by atoms with E-state index in [1.807, 2.05) is 18.2 Å². The van der Waals surface area contributed by atoms with Crippen LogP contribution in [0.15, 0.2) is 48.7 Å². The summed E-state index contributed by atoms with van der Waals surface area (Å²) in [4.78, 5) is 14.3. The maximum absolute atomic E-state index is 10.5. The molecule has 0 unspecified atom stereocenters. The number of nitrogens with zero attached hydrogens (tertiary/aromatic N) is 2. The van der Waals surface area contributed by atoms with Gasteiger partial charge in [0, 0.05) is 18.3 Å². The third kappa shape index (κ3) is 3.05. The van der Waals surface area contributed by atoms with E-state index in [9.17, 15) is 10.1 Å². The highest BCUT2D eigenvalue weighted by molar-refractivity contribution is 6.20. The van der Waals surface area contributed by atoms with Gasteiger partial charge in [-0.15, -0.1) is 11.6 Å². The second kappa shape index (κ2) is 5.60. The number of rotatable bonds is 4. The molecule has 0 spiro atoms. The van der Waals surface area contributed by atoms with E-state index >= 15 is 0 Å². The van der Waals surface area contributed by atoms with Crippen molar-refractivity contribution < 1.29 is 4.92 Å². The summed E-state index contributed by atoms with van der Waals surface area (Å²) in [5, 5.41) is 10.3. The van der Waals surface area contributed by atoms with Gasteiger partial charge in [-0.25, -0.2) is 0 Å². The Balaban J connectivity index is 2.08. The number of hydrogen-bond donors (Lipinski definition) is 0. The topological polar surface area (TPSA) is 56.0 Å². The Labute approximate surface area is 109 Å². The van der Waals surface area contributed by atoms with Crippen LogP contribution in [0.25, 0.3) is 0 Å². The molecule has 0 aliphatic heterocycles. The minimum Gasteiger partial charge on any atom is -0.260 e. The van der Waals surface area contributed by atoms with Crippen molar-refractivity contribution in [3.8, 4) is 0 Å². The molecule has 2 rings (SSSR count). The molecule has 0 aliphatic carbocycles. The highest BCUT2D eigenvalue weighted by Gasteiger charge is 2.11. The predicted octanol–water partition coefficient (Wildman–Crippen LogP) is 3.51. The van der Waals surface area contributed by atoms with Crippen LogP contribution >= 0.6 is 11.6 Å². The molecule has 18 heavy (non-hydrogen) atoms. The van der Waals surface area contributed by atoms with Crippen LogP contribution in [-0.2, 0) is 6.42 Å². The Morgan fingerprint density at radius 2 is 1.94 bits per heavy atom. The Kier molecular flexibility index (Phi) is 3.89. The summed E-state index contributed by atoms with van der Waals surface area (Å²) in [7, 11) is 0. The van der Waals surface area contributed by atoms with Gasteiger partial charge in [0.05, 0.1) is 16.0 Å². The number of nitro benzene ring substituents is 1. The first kappa shape index (κ1) is 12.5. The predicted molar refractivity (Wildman–Crippen MR) is 69.6 cm³/mol. The number of pyridine rings is 1. The molecule has 4 nitrogen and oxygen atoms in total. The van der Waals surface area contributed by atoms with Gasteiger partial charge in [-0.05, 0) is 24.1 Å². The van der Waals surface area contributed by atoms with E-state index in [1.165, 1.54) is 12.1 Å². The molecule has 0 fully saturated rings. The number of hydrogen-bond acceptors (Lipinski definition) is 3. The summed E-state index contributed by atoms with van der Waals surface area (Å²) in [6.45, 7) is 0. The van der Waals surface area contributed by atoms with Crippen LogP contribution in [-0.4, -0.2) is 9.91 Å². The van der Waals surface area contributed by atoms with E-state index in [0.717, 1.165) is 11.3 Å². The zero-order valence-electron chi connectivity index (χ0n) is 9.49. The molecule has 5 heteroatoms. The third-order valence-electron chi connectivity index (χ3n) is 2.57. The van der Waals surface area contributed by atoms with Crippen LogP contribution in [0, 0.1) is 10.1 Å². The third-order valence-corrected chi connectivity index (χ3v) is 2.95. The summed E-state index contributed by atoms with van der Waals surface area (Å²) >= 11 is 6.25. The van der Waals surface area contributed by atoms with Crippen molar-refractivity contribution >= 4 is 17.3 Å². The standard InChI is InChI=1S/C13H11ClN2O2/c14-12(13-3-1-2-8-15-13)9-10-4-6-11(7-5-10)16(17)18/h1-8,12H,9H2/t12-/m1/s1. The van der Waals surface area contributed by atoms with Gasteiger partial charge in [0.15, 0.2) is 0 Å². The van der Waals surface area contributed by atoms with Crippen molar-refractivity contribution in [1.82, 2.24) is 4.98 Å². The number of alkyl halides is 1. The zero-order valence-corrected chi connectivity index (χ0v) is 10.2. The first-order valence-corrected chi connectivity index (χ1v) is 5.89. The van der Waals surface area contributed by atoms with Crippen LogP contribution in [0.4, 0.5) is 5.69 Å². The Bertz CT molecular complexity index is 528. The summed E-state index contributed by atoms with van der Waals surface area (Å²) in [6, 6.07) is 12.0. The van der Waals surface area contributed by atoms with Crippen molar-refractivity contribution in [3.63, 3.8) is 0 Å². The van der Waals surface area contributed by atoms with Crippen LogP contribution in [0.3, 0.4) is 0 Å². The Morgan fingerprint density at radius 3 is 2.50 bits per heavy atom. The fraction of sp³-hybridized carbons (Fsp3) is 0.154. The van der Waals surface area contributed by atoms with Gasteiger partial charge in [-0.2, -0.15) is 0 Å². The molecule has 1 aromatic heterocycles. The molecule has 0 amide bonds. The minimum atomic E-state index is -0.416. The SMILES string of the molecule is O=[N+]([O-])c1ccc(C[C@@H](Cl)c2ccccn2)cc1. The van der Waals surface area contributed by atoms with Gasteiger partial charge in [-0.1, -0.05) is 18.2 Å². The molecule has 0 saturated heterocycles. The number of non-ortho nitro benzene ring substituents is 1. The van der Waals surface area contributed by atoms with Crippen molar-refractivity contribution in [1.29, 1.82) is 0 Å². The second-order valence-electron chi connectivity index (χ2n) is 3.85. The Hall–Kier alpha value is -1.94. The number of aromatic nitrogens is 1. The average molecular weight is 263 g/mol. The second-order valence-corrected chi connectivity index (χ2v) is 4.38. The van der Waals surface area contributed by atoms with Crippen molar-refractivity contribution in [2.45, 2.75) is 11.8 Å². The van der Waals surface area contributed by atoms with Crippen molar-refractivity contribution in [3.05, 3.63) is 70.0 Å². The fourth-order valence-corrected chi connectivity index (χ4v) is 1.93. The molecular formula is C13H11ClN2O2. The lowest BCUT2D eigenvalue weighted by Crippen LogP contribution is -1.98. The van der Waals surface area contributed by atoms with Gasteiger partial charge in [0.2, 0.25) is 0 Å². The molecule has 1 heterocycles. The lowest BCUT2D eigenvalue weighted by Gasteiger charge is -2.08. The smallest absolute Gasteiger partial charge is 0.260 e. The molecule has 92 valence electrons. The van der Waals surface area contributed by atoms with E-state index in [2.05, 4.69) is 4.98 Å². The first-order valence-electron chi connectivity index (χ1n) is 5.45. The van der Waals surface area contributed by atoms with E-state index in [1.54, 1.807) is 18.3 Å². The average Bonchev–Trinajstić information content (AvgIpc) is 2.40. The highest BCUT2D eigenvalue weighted by Crippen LogP contribution is 2.24. The molecule has 1 aromatic carbocycles. The first-order chi connectivity index (χ1) is 8.66. The monoisotopic (exact) mass is 262 g/mol. The maximum Gasteiger partial charge on any atom is 0.269 e. The number of nitro groups is 1. The van der Waals surface area contributed by atoms with Crippen LogP contribution in [0.2, 0.25) is 0 Å². The molecular weight excluding hydrogens is 252 g/mol. The molecule has 0 aliphatic rings. The maximum atomic E-state index is 10.5. The van der Waals surface area contributed by atoms with Gasteiger partial charge >= 0.3 is 0 Å². The minimum absolute atomic E-state index is 0.0858. The van der Waals surface area contributed by atoms with E-state index in [0.29, 0.717) is 6.42 Å². The van der Waals surface area contributed by atoms with E-state index < -0.39 is 4.92 Å². The lowest BCUT2D eigenvalue weighted by molar-refractivity contribution is -0.384. The van der Waals surface area contributed by atoms with Crippen LogP contribution in [0.5, 0.6) is 0 Å². The van der Waals surface area contributed by atoms with Gasteiger partial charge in [0.1, 0.15) is 0 Å². The molecule has 0 radical (unpaired) electrons. The number of benzene rings is 1.